The van der Waals surface area contributed by atoms with E-state index in [1.165, 1.54) is 7.11 Å². The highest BCUT2D eigenvalue weighted by atomic mass is 16.5. The lowest BCUT2D eigenvalue weighted by Gasteiger charge is -2.07. The van der Waals surface area contributed by atoms with Crippen LogP contribution in [0.4, 0.5) is 5.82 Å². The number of carbonyl (C=O) groups excluding carboxylic acids is 1. The molecule has 1 amide bonds. The fourth-order valence-corrected chi connectivity index (χ4v) is 3.21. The van der Waals surface area contributed by atoms with Crippen molar-refractivity contribution >= 4 is 17.4 Å². The van der Waals surface area contributed by atoms with Crippen molar-refractivity contribution in [1.82, 2.24) is 24.1 Å². The molecule has 0 aliphatic heterocycles. The number of hydrogen-bond acceptors (Lipinski definition) is 6. The smallest absolute Gasteiger partial charge is 0.260 e. The molecule has 0 aliphatic rings. The zero-order valence-electron chi connectivity index (χ0n) is 17.0. The minimum Gasteiger partial charge on any atom is -0.496 e. The molecule has 0 unspecified atom stereocenters. The van der Waals surface area contributed by atoms with E-state index in [0.717, 1.165) is 5.69 Å². The third kappa shape index (κ3) is 4.52. The summed E-state index contributed by atoms with van der Waals surface area (Å²) in [5.41, 5.74) is 1.97. The molecule has 33 heavy (non-hydrogen) atoms. The molecule has 3 aromatic heterocycles. The van der Waals surface area contributed by atoms with Crippen molar-refractivity contribution in [2.24, 2.45) is 0 Å². The van der Waals surface area contributed by atoms with Gasteiger partial charge in [-0.2, -0.15) is 0 Å². The highest BCUT2D eigenvalue weighted by Gasteiger charge is 2.14. The van der Waals surface area contributed by atoms with Crippen LogP contribution in [-0.2, 0) is 0 Å². The average molecular weight is 442 g/mol. The fraction of sp³-hybridized carbons (Fsp3) is 0.0833. The van der Waals surface area contributed by atoms with Gasteiger partial charge in [-0.05, 0) is 42.5 Å². The number of para-hydroxylation sites is 1. The van der Waals surface area contributed by atoms with Crippen LogP contribution in [-0.4, -0.2) is 37.2 Å². The maximum atomic E-state index is 12.6. The van der Waals surface area contributed by atoms with Crippen LogP contribution < -0.4 is 14.8 Å². The van der Waals surface area contributed by atoms with Crippen molar-refractivity contribution in [3.05, 3.63) is 91.1 Å². The normalized spacial score (nSPS) is 10.5. The van der Waals surface area contributed by atoms with Crippen LogP contribution in [0.5, 0.6) is 17.4 Å². The molecule has 0 saturated heterocycles. The number of carbonyl (C=O) groups is 1. The van der Waals surface area contributed by atoms with E-state index in [4.69, 9.17) is 9.47 Å². The lowest BCUT2D eigenvalue weighted by atomic mass is 10.2. The molecular formula is C24H22N6O3. The van der Waals surface area contributed by atoms with Gasteiger partial charge >= 0.3 is 0 Å². The monoisotopic (exact) mass is 442 g/mol. The molecule has 0 spiro atoms. The van der Waals surface area contributed by atoms with E-state index in [-0.39, 0.29) is 13.3 Å². The number of hydrogen-bond donors (Lipinski definition) is 1. The van der Waals surface area contributed by atoms with E-state index in [1.807, 2.05) is 35.0 Å². The van der Waals surface area contributed by atoms with Crippen molar-refractivity contribution in [3.63, 3.8) is 0 Å². The highest BCUT2D eigenvalue weighted by molar-refractivity contribution is 6.05. The van der Waals surface area contributed by atoms with Crippen LogP contribution in [0.3, 0.4) is 0 Å². The highest BCUT2D eigenvalue weighted by Crippen LogP contribution is 2.23. The second-order valence-corrected chi connectivity index (χ2v) is 6.82. The van der Waals surface area contributed by atoms with Gasteiger partial charge in [-0.25, -0.2) is 14.5 Å². The number of nitrogens with zero attached hydrogens (tertiary/aromatic N) is 5. The summed E-state index contributed by atoms with van der Waals surface area (Å²) < 4.78 is 14.6. The zero-order valence-corrected chi connectivity index (χ0v) is 17.0. The molecule has 3 heterocycles. The van der Waals surface area contributed by atoms with E-state index in [2.05, 4.69) is 20.4 Å². The first-order valence-electron chi connectivity index (χ1n) is 9.77. The van der Waals surface area contributed by atoms with E-state index in [9.17, 15) is 4.79 Å². The lowest BCUT2D eigenvalue weighted by Crippen LogP contribution is -2.13. The quantitative estimate of drug-likeness (QED) is 0.413. The number of methoxy groups -OCH3 is 1. The summed E-state index contributed by atoms with van der Waals surface area (Å²) in [7, 11) is 1.52. The van der Waals surface area contributed by atoms with Gasteiger partial charge in [0.1, 0.15) is 11.5 Å². The SMILES string of the molecule is C.COc1ccccc1C(=O)Nc1cn2nc(Oc3ccc(-n4ccnc4)cc3)ccc2n1. The van der Waals surface area contributed by atoms with Crippen LogP contribution in [0.15, 0.2) is 85.6 Å². The van der Waals surface area contributed by atoms with E-state index >= 15 is 0 Å². The van der Waals surface area contributed by atoms with Crippen LogP contribution in [0.2, 0.25) is 0 Å². The molecule has 9 nitrogen and oxygen atoms in total. The van der Waals surface area contributed by atoms with Crippen LogP contribution >= 0.6 is 0 Å². The summed E-state index contributed by atoms with van der Waals surface area (Å²) in [6.07, 6.45) is 6.95. The molecule has 166 valence electrons. The molecule has 0 bridgehead atoms. The van der Waals surface area contributed by atoms with Crippen LogP contribution in [0.1, 0.15) is 17.8 Å². The Balaban J connectivity index is 0.00000259. The molecule has 5 rings (SSSR count). The lowest BCUT2D eigenvalue weighted by molar-refractivity contribution is 0.102. The second kappa shape index (κ2) is 9.23. The van der Waals surface area contributed by atoms with Gasteiger partial charge in [0.2, 0.25) is 5.88 Å². The summed E-state index contributed by atoms with van der Waals surface area (Å²) in [6.45, 7) is 0. The Morgan fingerprint density at radius 1 is 1.03 bits per heavy atom. The number of nitrogens with one attached hydrogen (secondary N) is 1. The predicted octanol–water partition coefficient (Wildman–Crippen LogP) is 4.60. The van der Waals surface area contributed by atoms with Gasteiger partial charge in [0, 0.05) is 24.1 Å². The van der Waals surface area contributed by atoms with Gasteiger partial charge in [0.25, 0.3) is 5.91 Å². The Bertz CT molecular complexity index is 1380. The molecule has 5 aromatic rings. The Hall–Kier alpha value is -4.66. The molecule has 0 fully saturated rings. The zero-order chi connectivity index (χ0) is 21.9. The maximum Gasteiger partial charge on any atom is 0.260 e. The van der Waals surface area contributed by atoms with E-state index in [0.29, 0.717) is 34.4 Å². The summed E-state index contributed by atoms with van der Waals surface area (Å²) in [5.74, 6) is 1.58. The molecule has 0 radical (unpaired) electrons. The minimum absolute atomic E-state index is 0. The summed E-state index contributed by atoms with van der Waals surface area (Å²) in [6, 6.07) is 18.0. The fourth-order valence-electron chi connectivity index (χ4n) is 3.21. The number of rotatable bonds is 6. The Labute approximate surface area is 190 Å². The second-order valence-electron chi connectivity index (χ2n) is 6.82. The Morgan fingerprint density at radius 2 is 1.85 bits per heavy atom. The van der Waals surface area contributed by atoms with Crippen LogP contribution in [0, 0.1) is 0 Å². The number of aromatic nitrogens is 5. The van der Waals surface area contributed by atoms with Gasteiger partial charge in [-0.15, -0.1) is 5.10 Å². The number of fused-ring (bicyclic) bond motifs is 1. The molecule has 0 aliphatic carbocycles. The van der Waals surface area contributed by atoms with Gasteiger partial charge in [0.15, 0.2) is 11.5 Å². The first-order valence-corrected chi connectivity index (χ1v) is 9.77. The molecule has 0 atom stereocenters. The van der Waals surface area contributed by atoms with Gasteiger partial charge in [-0.3, -0.25) is 4.79 Å². The molecule has 2 aromatic carbocycles. The first kappa shape index (κ1) is 21.6. The van der Waals surface area contributed by atoms with Crippen molar-refractivity contribution in [2.45, 2.75) is 7.43 Å². The predicted molar refractivity (Wildman–Crippen MR) is 124 cm³/mol. The Morgan fingerprint density at radius 3 is 2.61 bits per heavy atom. The number of amides is 1. The summed E-state index contributed by atoms with van der Waals surface area (Å²) in [5, 5.41) is 7.19. The van der Waals surface area contributed by atoms with Gasteiger partial charge in [0.05, 0.1) is 25.2 Å². The third-order valence-corrected chi connectivity index (χ3v) is 4.75. The average Bonchev–Trinajstić information content (AvgIpc) is 3.49. The van der Waals surface area contributed by atoms with E-state index < -0.39 is 0 Å². The molecule has 9 heteroatoms. The summed E-state index contributed by atoms with van der Waals surface area (Å²) in [4.78, 5) is 21.0. The molecular weight excluding hydrogens is 420 g/mol. The largest absolute Gasteiger partial charge is 0.496 e. The van der Waals surface area contributed by atoms with Crippen molar-refractivity contribution in [3.8, 4) is 23.1 Å². The number of anilines is 1. The van der Waals surface area contributed by atoms with Gasteiger partial charge < -0.3 is 19.4 Å². The van der Waals surface area contributed by atoms with Crippen LogP contribution in [0.25, 0.3) is 11.3 Å². The maximum absolute atomic E-state index is 12.6. The number of benzene rings is 2. The van der Waals surface area contributed by atoms with E-state index in [1.54, 1.807) is 59.6 Å². The molecule has 0 saturated carbocycles. The minimum atomic E-state index is -0.319. The molecule has 1 N–H and O–H groups in total. The third-order valence-electron chi connectivity index (χ3n) is 4.75. The van der Waals surface area contributed by atoms with Crippen molar-refractivity contribution in [1.29, 1.82) is 0 Å². The number of ether oxygens (including phenoxy) is 2. The number of imidazole rings is 2. The van der Waals surface area contributed by atoms with Crippen molar-refractivity contribution in [2.75, 3.05) is 12.4 Å². The van der Waals surface area contributed by atoms with Crippen molar-refractivity contribution < 1.29 is 14.3 Å². The first-order chi connectivity index (χ1) is 15.7. The Kier molecular flexibility index (Phi) is 6.03. The summed E-state index contributed by atoms with van der Waals surface area (Å²) >= 11 is 0. The van der Waals surface area contributed by atoms with Gasteiger partial charge in [-0.1, -0.05) is 19.6 Å². The topological polar surface area (TPSA) is 95.6 Å². The standard InChI is InChI=1S/C23H18N6O3.CH4/c1-31-19-5-3-2-4-18(19)23(30)26-20-14-29-21(25-20)10-11-22(27-29)32-17-8-6-16(7-9-17)28-13-12-24-15-28;/h2-15H,1H3,(H,26,30);1H4.